The molecule has 3 nitrogen and oxygen atoms in total. The maximum absolute atomic E-state index is 11.8. The molecule has 0 atom stereocenters. The van der Waals surface area contributed by atoms with Crippen LogP contribution < -0.4 is 5.32 Å². The van der Waals surface area contributed by atoms with E-state index >= 15 is 0 Å². The summed E-state index contributed by atoms with van der Waals surface area (Å²) in [4.78, 5) is 0. The average molecular weight is 247 g/mol. The lowest BCUT2D eigenvalue weighted by Crippen LogP contribution is -2.52. The molecule has 0 aliphatic heterocycles. The molecule has 0 aliphatic rings. The van der Waals surface area contributed by atoms with E-state index in [1.165, 1.54) is 0 Å². The Labute approximate surface area is 91.1 Å². The van der Waals surface area contributed by atoms with Crippen LogP contribution in [0, 0.1) is 0 Å². The van der Waals surface area contributed by atoms with Gasteiger partial charge in [-0.15, -0.1) is 0 Å². The van der Waals surface area contributed by atoms with Gasteiger partial charge in [-0.25, -0.2) is 0 Å². The van der Waals surface area contributed by atoms with E-state index in [0.29, 0.717) is 6.42 Å². The molecule has 0 bridgehead atoms. The van der Waals surface area contributed by atoms with E-state index in [-0.39, 0.29) is 37.3 Å². The summed E-state index contributed by atoms with van der Waals surface area (Å²) in [6.07, 6.45) is 0.455. The van der Waals surface area contributed by atoms with Crippen molar-refractivity contribution in [2.45, 2.75) is 24.4 Å². The summed E-state index contributed by atoms with van der Waals surface area (Å²) in [5.41, 5.74) is -5.10. The van der Waals surface area contributed by atoms with E-state index in [2.05, 4.69) is 5.32 Å². The van der Waals surface area contributed by atoms with Crippen molar-refractivity contribution < 1.29 is 23.4 Å². The first-order valence-corrected chi connectivity index (χ1v) is 5.55. The number of hydrogen-bond donors (Lipinski definition) is 3. The van der Waals surface area contributed by atoms with Gasteiger partial charge in [0.1, 0.15) is 0 Å². The standard InChI is InChI=1S/C8H16F3NO2S/c1-2-7(5-13,6-14)12-3-4-15-8(9,10)11/h12-14H,2-6H2,1H3. The molecular weight excluding hydrogens is 231 g/mol. The highest BCUT2D eigenvalue weighted by Gasteiger charge is 2.29. The zero-order valence-corrected chi connectivity index (χ0v) is 9.29. The van der Waals surface area contributed by atoms with E-state index in [1.54, 1.807) is 6.92 Å². The number of rotatable bonds is 7. The Balaban J connectivity index is 3.82. The molecule has 92 valence electrons. The molecule has 0 fully saturated rings. The third-order valence-electron chi connectivity index (χ3n) is 2.15. The summed E-state index contributed by atoms with van der Waals surface area (Å²) in [5.74, 6) is -0.134. The van der Waals surface area contributed by atoms with Gasteiger partial charge in [-0.05, 0) is 18.2 Å². The monoisotopic (exact) mass is 247 g/mol. The van der Waals surface area contributed by atoms with Gasteiger partial charge in [0.15, 0.2) is 0 Å². The molecule has 7 heteroatoms. The summed E-state index contributed by atoms with van der Waals surface area (Å²) in [6.45, 7) is 1.25. The van der Waals surface area contributed by atoms with Crippen LogP contribution >= 0.6 is 11.8 Å². The third kappa shape index (κ3) is 6.24. The predicted octanol–water partition coefficient (Wildman–Crippen LogP) is 0.962. The minimum atomic E-state index is -4.23. The summed E-state index contributed by atoms with van der Waals surface area (Å²) in [6, 6.07) is 0. The topological polar surface area (TPSA) is 52.5 Å². The molecule has 0 spiro atoms. The highest BCUT2D eigenvalue weighted by molar-refractivity contribution is 8.00. The number of hydrogen-bond acceptors (Lipinski definition) is 4. The third-order valence-corrected chi connectivity index (χ3v) is 2.89. The highest BCUT2D eigenvalue weighted by Crippen LogP contribution is 2.29. The largest absolute Gasteiger partial charge is 0.441 e. The van der Waals surface area contributed by atoms with Crippen LogP contribution in [-0.2, 0) is 0 Å². The van der Waals surface area contributed by atoms with Gasteiger partial charge in [-0.2, -0.15) is 13.2 Å². The smallest absolute Gasteiger partial charge is 0.394 e. The van der Waals surface area contributed by atoms with Crippen LogP contribution in [0.15, 0.2) is 0 Å². The molecule has 0 unspecified atom stereocenters. The fourth-order valence-electron chi connectivity index (χ4n) is 0.993. The Morgan fingerprint density at radius 2 is 1.73 bits per heavy atom. The fourth-order valence-corrected chi connectivity index (χ4v) is 1.43. The van der Waals surface area contributed by atoms with Crippen LogP contribution in [0.25, 0.3) is 0 Å². The van der Waals surface area contributed by atoms with E-state index in [0.717, 1.165) is 0 Å². The molecule has 15 heavy (non-hydrogen) atoms. The molecular formula is C8H16F3NO2S. The van der Waals surface area contributed by atoms with Crippen LogP contribution in [0.4, 0.5) is 13.2 Å². The molecule has 0 aromatic rings. The lowest BCUT2D eigenvalue weighted by Gasteiger charge is -2.29. The maximum atomic E-state index is 11.8. The molecule has 0 saturated carbocycles. The number of halogens is 3. The Kier molecular flexibility index (Phi) is 6.58. The zero-order valence-electron chi connectivity index (χ0n) is 8.47. The maximum Gasteiger partial charge on any atom is 0.441 e. The van der Waals surface area contributed by atoms with Crippen molar-refractivity contribution in [3.63, 3.8) is 0 Å². The molecule has 3 N–H and O–H groups in total. The minimum absolute atomic E-state index is 0.0964. The quantitative estimate of drug-likeness (QED) is 0.587. The second-order valence-corrected chi connectivity index (χ2v) is 4.33. The van der Waals surface area contributed by atoms with Crippen molar-refractivity contribution >= 4 is 11.8 Å². The van der Waals surface area contributed by atoms with Crippen molar-refractivity contribution in [2.24, 2.45) is 0 Å². The van der Waals surface area contributed by atoms with Crippen LogP contribution in [-0.4, -0.2) is 46.8 Å². The van der Waals surface area contributed by atoms with Crippen LogP contribution in [0.3, 0.4) is 0 Å². The van der Waals surface area contributed by atoms with Gasteiger partial charge in [0, 0.05) is 12.3 Å². The van der Waals surface area contributed by atoms with Crippen molar-refractivity contribution in [1.29, 1.82) is 0 Å². The number of alkyl halides is 3. The van der Waals surface area contributed by atoms with Crippen LogP contribution in [0.5, 0.6) is 0 Å². The summed E-state index contributed by atoms with van der Waals surface area (Å²) >= 11 is -0.120. The van der Waals surface area contributed by atoms with Gasteiger partial charge in [-0.3, -0.25) is 0 Å². The average Bonchev–Trinajstić information content (AvgIpc) is 2.18. The molecule has 0 heterocycles. The molecule has 0 aliphatic carbocycles. The summed E-state index contributed by atoms with van der Waals surface area (Å²) in [7, 11) is 0. The second kappa shape index (κ2) is 6.57. The molecule has 0 radical (unpaired) electrons. The number of aliphatic hydroxyl groups excluding tert-OH is 2. The van der Waals surface area contributed by atoms with E-state index in [1.807, 2.05) is 0 Å². The Hall–Kier alpha value is 0.0200. The van der Waals surface area contributed by atoms with Crippen LogP contribution in [0.1, 0.15) is 13.3 Å². The van der Waals surface area contributed by atoms with Gasteiger partial charge >= 0.3 is 5.51 Å². The Morgan fingerprint density at radius 1 is 1.20 bits per heavy atom. The van der Waals surface area contributed by atoms with Gasteiger partial charge in [-0.1, -0.05) is 6.92 Å². The summed E-state index contributed by atoms with van der Waals surface area (Å²) < 4.78 is 35.3. The van der Waals surface area contributed by atoms with Crippen LogP contribution in [0.2, 0.25) is 0 Å². The fraction of sp³-hybridized carbons (Fsp3) is 1.00. The van der Waals surface area contributed by atoms with Crippen molar-refractivity contribution in [1.82, 2.24) is 5.32 Å². The number of thioether (sulfide) groups is 1. The zero-order chi connectivity index (χ0) is 11.9. The number of nitrogens with one attached hydrogen (secondary N) is 1. The van der Waals surface area contributed by atoms with E-state index in [4.69, 9.17) is 10.2 Å². The Morgan fingerprint density at radius 3 is 2.07 bits per heavy atom. The Bertz CT molecular complexity index is 165. The molecule has 0 amide bonds. The first-order valence-electron chi connectivity index (χ1n) is 4.56. The number of aliphatic hydroxyl groups is 2. The predicted molar refractivity (Wildman–Crippen MR) is 53.7 cm³/mol. The van der Waals surface area contributed by atoms with E-state index in [9.17, 15) is 13.2 Å². The van der Waals surface area contributed by atoms with Gasteiger partial charge in [0.05, 0.1) is 18.8 Å². The SMILES string of the molecule is CCC(CO)(CO)NCCSC(F)(F)F. The summed E-state index contributed by atoms with van der Waals surface area (Å²) in [5, 5.41) is 20.7. The first kappa shape index (κ1) is 15.0. The normalized spacial score (nSPS) is 13.2. The van der Waals surface area contributed by atoms with E-state index < -0.39 is 11.0 Å². The van der Waals surface area contributed by atoms with Crippen molar-refractivity contribution in [3.05, 3.63) is 0 Å². The van der Waals surface area contributed by atoms with Crippen molar-refractivity contribution in [3.8, 4) is 0 Å². The molecule has 0 rings (SSSR count). The molecule has 0 saturated heterocycles. The first-order chi connectivity index (χ1) is 6.89. The van der Waals surface area contributed by atoms with Gasteiger partial charge in [0.25, 0.3) is 0 Å². The highest BCUT2D eigenvalue weighted by atomic mass is 32.2. The van der Waals surface area contributed by atoms with Crippen molar-refractivity contribution in [2.75, 3.05) is 25.5 Å². The minimum Gasteiger partial charge on any atom is -0.394 e. The van der Waals surface area contributed by atoms with Gasteiger partial charge in [0.2, 0.25) is 0 Å². The molecule has 0 aromatic carbocycles. The molecule has 0 aromatic heterocycles. The van der Waals surface area contributed by atoms with Gasteiger partial charge < -0.3 is 15.5 Å². The second-order valence-electron chi connectivity index (χ2n) is 3.17. The lowest BCUT2D eigenvalue weighted by molar-refractivity contribution is -0.0328. The lowest BCUT2D eigenvalue weighted by atomic mass is 9.99.